The predicted octanol–water partition coefficient (Wildman–Crippen LogP) is 3.10. The number of carbonyl (C=O) groups is 2. The zero-order chi connectivity index (χ0) is 19.0. The fraction of sp³-hybridized carbons (Fsp3) is 0.316. The molecule has 1 aromatic carbocycles. The number of pyridine rings is 1. The van der Waals surface area contributed by atoms with Crippen molar-refractivity contribution in [1.82, 2.24) is 4.98 Å². The van der Waals surface area contributed by atoms with Gasteiger partial charge in [0.05, 0.1) is 11.3 Å². The predicted molar refractivity (Wildman–Crippen MR) is 101 cm³/mol. The van der Waals surface area contributed by atoms with Crippen LogP contribution in [0.5, 0.6) is 0 Å². The second-order valence-electron chi connectivity index (χ2n) is 6.62. The second kappa shape index (κ2) is 6.67. The topological polar surface area (TPSA) is 85.8 Å². The van der Waals surface area contributed by atoms with Gasteiger partial charge in [-0.25, -0.2) is 9.78 Å². The van der Waals surface area contributed by atoms with Crippen molar-refractivity contribution in [2.45, 2.75) is 32.9 Å². The third kappa shape index (κ3) is 3.08. The molecule has 0 radical (unpaired) electrons. The van der Waals surface area contributed by atoms with Gasteiger partial charge in [0, 0.05) is 18.8 Å². The van der Waals surface area contributed by atoms with Gasteiger partial charge in [-0.1, -0.05) is 0 Å². The normalized spacial score (nSPS) is 16.7. The summed E-state index contributed by atoms with van der Waals surface area (Å²) in [6.45, 7) is 5.95. The maximum absolute atomic E-state index is 12.5. The number of likely N-dealkylation sites (N-methyl/N-ethyl adjacent to an activating group) is 1. The number of fused-ring (bicyclic) bond motifs is 1. The first kappa shape index (κ1) is 17.7. The third-order valence-corrected chi connectivity index (χ3v) is 4.53. The number of anilines is 4. The molecule has 1 amide bonds. The maximum atomic E-state index is 12.5. The lowest BCUT2D eigenvalue weighted by Crippen LogP contribution is -2.53. The Labute approximate surface area is 152 Å². The SMILES string of the molecule is CC(C)N1c2nc(Nc3ccc(C(=O)O)cc3)ccc2N(C)C(=O)[C@H]1C. The van der Waals surface area contributed by atoms with Gasteiger partial charge in [0.2, 0.25) is 5.91 Å². The van der Waals surface area contributed by atoms with E-state index >= 15 is 0 Å². The van der Waals surface area contributed by atoms with Gasteiger partial charge >= 0.3 is 5.97 Å². The first-order chi connectivity index (χ1) is 12.3. The number of carboxylic acids is 1. The Kier molecular flexibility index (Phi) is 4.54. The van der Waals surface area contributed by atoms with Crippen molar-refractivity contribution >= 4 is 34.9 Å². The number of benzene rings is 1. The highest BCUT2D eigenvalue weighted by molar-refractivity contribution is 6.04. The molecule has 1 aromatic heterocycles. The molecular formula is C19H22N4O3. The molecule has 3 rings (SSSR count). The summed E-state index contributed by atoms with van der Waals surface area (Å²) in [7, 11) is 1.76. The molecule has 7 nitrogen and oxygen atoms in total. The Morgan fingerprint density at radius 2 is 1.85 bits per heavy atom. The summed E-state index contributed by atoms with van der Waals surface area (Å²) < 4.78 is 0. The van der Waals surface area contributed by atoms with Gasteiger partial charge in [0.1, 0.15) is 11.9 Å². The Balaban J connectivity index is 1.94. The number of hydrogen-bond donors (Lipinski definition) is 2. The van der Waals surface area contributed by atoms with E-state index < -0.39 is 5.97 Å². The molecule has 0 saturated carbocycles. The molecule has 26 heavy (non-hydrogen) atoms. The zero-order valence-corrected chi connectivity index (χ0v) is 15.2. The number of amides is 1. The third-order valence-electron chi connectivity index (χ3n) is 4.53. The number of aromatic carboxylic acids is 1. The lowest BCUT2D eigenvalue weighted by atomic mass is 10.1. The number of aromatic nitrogens is 1. The van der Waals surface area contributed by atoms with Crippen LogP contribution in [0.25, 0.3) is 0 Å². The number of nitrogens with one attached hydrogen (secondary N) is 1. The van der Waals surface area contributed by atoms with Gasteiger partial charge in [0.15, 0.2) is 5.82 Å². The Morgan fingerprint density at radius 1 is 1.19 bits per heavy atom. The summed E-state index contributed by atoms with van der Waals surface area (Å²) in [5.74, 6) is 0.463. The van der Waals surface area contributed by atoms with Gasteiger partial charge in [-0.05, 0) is 57.2 Å². The zero-order valence-electron chi connectivity index (χ0n) is 15.2. The van der Waals surface area contributed by atoms with Gasteiger partial charge in [-0.3, -0.25) is 4.79 Å². The van der Waals surface area contributed by atoms with Crippen molar-refractivity contribution in [3.8, 4) is 0 Å². The average Bonchev–Trinajstić information content (AvgIpc) is 2.60. The average molecular weight is 354 g/mol. The van der Waals surface area contributed by atoms with Crippen molar-refractivity contribution in [3.63, 3.8) is 0 Å². The molecular weight excluding hydrogens is 332 g/mol. The highest BCUT2D eigenvalue weighted by Crippen LogP contribution is 2.36. The minimum atomic E-state index is -0.960. The lowest BCUT2D eigenvalue weighted by molar-refractivity contribution is -0.119. The van der Waals surface area contributed by atoms with Crippen LogP contribution in [0.1, 0.15) is 31.1 Å². The van der Waals surface area contributed by atoms with Crippen molar-refractivity contribution in [3.05, 3.63) is 42.0 Å². The molecule has 0 aliphatic carbocycles. The fourth-order valence-electron chi connectivity index (χ4n) is 3.20. The highest BCUT2D eigenvalue weighted by Gasteiger charge is 2.36. The van der Waals surface area contributed by atoms with Gasteiger partial charge in [0.25, 0.3) is 0 Å². The van der Waals surface area contributed by atoms with Crippen LogP contribution in [0.3, 0.4) is 0 Å². The Hall–Kier alpha value is -3.09. The van der Waals surface area contributed by atoms with Crippen LogP contribution in [0.15, 0.2) is 36.4 Å². The minimum absolute atomic E-state index is 0.0398. The van der Waals surface area contributed by atoms with Crippen LogP contribution < -0.4 is 15.1 Å². The van der Waals surface area contributed by atoms with E-state index in [1.54, 1.807) is 24.1 Å². The minimum Gasteiger partial charge on any atom is -0.478 e. The second-order valence-corrected chi connectivity index (χ2v) is 6.62. The molecule has 1 atom stereocenters. The number of carboxylic acid groups (broad SMARTS) is 1. The monoisotopic (exact) mass is 354 g/mol. The van der Waals surface area contributed by atoms with Gasteiger partial charge in [-0.15, -0.1) is 0 Å². The molecule has 0 spiro atoms. The molecule has 7 heteroatoms. The summed E-state index contributed by atoms with van der Waals surface area (Å²) in [6.07, 6.45) is 0. The van der Waals surface area contributed by atoms with E-state index in [1.807, 2.05) is 37.8 Å². The van der Waals surface area contributed by atoms with Crippen LogP contribution in [-0.4, -0.2) is 41.1 Å². The van der Waals surface area contributed by atoms with Crippen LogP contribution in [0, 0.1) is 0 Å². The summed E-state index contributed by atoms with van der Waals surface area (Å²) in [5.41, 5.74) is 1.74. The molecule has 0 unspecified atom stereocenters. The molecule has 1 aliphatic heterocycles. The van der Waals surface area contributed by atoms with Crippen LogP contribution in [-0.2, 0) is 4.79 Å². The van der Waals surface area contributed by atoms with E-state index in [1.165, 1.54) is 12.1 Å². The molecule has 1 aliphatic rings. The summed E-state index contributed by atoms with van der Waals surface area (Å²) in [5, 5.41) is 12.2. The van der Waals surface area contributed by atoms with Crippen molar-refractivity contribution in [2.24, 2.45) is 0 Å². The summed E-state index contributed by atoms with van der Waals surface area (Å²) in [6, 6.07) is 9.99. The van der Waals surface area contributed by atoms with E-state index in [4.69, 9.17) is 10.1 Å². The first-order valence-electron chi connectivity index (χ1n) is 8.47. The maximum Gasteiger partial charge on any atom is 0.335 e. The molecule has 2 N–H and O–H groups in total. The van der Waals surface area contributed by atoms with Gasteiger partial charge in [-0.2, -0.15) is 0 Å². The largest absolute Gasteiger partial charge is 0.478 e. The standard InChI is InChI=1S/C19H22N4O3/c1-11(2)23-12(3)18(24)22(4)15-9-10-16(21-17(15)23)20-14-7-5-13(6-8-14)19(25)26/h5-12H,1-4H3,(H,20,21)(H,25,26)/t12-/m1/s1. The summed E-state index contributed by atoms with van der Waals surface area (Å²) in [4.78, 5) is 31.8. The van der Waals surface area contributed by atoms with E-state index in [0.29, 0.717) is 5.82 Å². The fourth-order valence-corrected chi connectivity index (χ4v) is 3.20. The van der Waals surface area contributed by atoms with Gasteiger partial charge < -0.3 is 20.2 Å². The van der Waals surface area contributed by atoms with Crippen LogP contribution in [0.2, 0.25) is 0 Å². The van der Waals surface area contributed by atoms with E-state index in [9.17, 15) is 9.59 Å². The Morgan fingerprint density at radius 3 is 2.42 bits per heavy atom. The van der Waals surface area contributed by atoms with E-state index in [-0.39, 0.29) is 23.6 Å². The first-order valence-corrected chi connectivity index (χ1v) is 8.47. The van der Waals surface area contributed by atoms with Crippen LogP contribution >= 0.6 is 0 Å². The molecule has 0 fully saturated rings. The molecule has 136 valence electrons. The number of hydrogen-bond acceptors (Lipinski definition) is 5. The van der Waals surface area contributed by atoms with Crippen molar-refractivity contribution in [2.75, 3.05) is 22.2 Å². The highest BCUT2D eigenvalue weighted by atomic mass is 16.4. The number of nitrogens with zero attached hydrogens (tertiary/aromatic N) is 3. The lowest BCUT2D eigenvalue weighted by Gasteiger charge is -2.41. The Bertz CT molecular complexity index is 848. The molecule has 2 heterocycles. The molecule has 0 bridgehead atoms. The van der Waals surface area contributed by atoms with Crippen molar-refractivity contribution < 1.29 is 14.7 Å². The number of carbonyl (C=O) groups excluding carboxylic acids is 1. The molecule has 2 aromatic rings. The van der Waals surface area contributed by atoms with E-state index in [2.05, 4.69) is 5.32 Å². The van der Waals surface area contributed by atoms with Crippen LogP contribution in [0.4, 0.5) is 23.0 Å². The van der Waals surface area contributed by atoms with Crippen molar-refractivity contribution in [1.29, 1.82) is 0 Å². The summed E-state index contributed by atoms with van der Waals surface area (Å²) >= 11 is 0. The van der Waals surface area contributed by atoms with E-state index in [0.717, 1.165) is 17.2 Å². The number of rotatable bonds is 4. The quantitative estimate of drug-likeness (QED) is 0.877. The molecule has 0 saturated heterocycles. The smallest absolute Gasteiger partial charge is 0.335 e.